The summed E-state index contributed by atoms with van der Waals surface area (Å²) < 4.78 is 3.35. The van der Waals surface area contributed by atoms with Crippen LogP contribution in [0.25, 0.3) is 11.3 Å². The monoisotopic (exact) mass is 425 g/mol. The highest BCUT2D eigenvalue weighted by Gasteiger charge is 2.07. The van der Waals surface area contributed by atoms with Crippen LogP contribution in [0.3, 0.4) is 0 Å². The largest absolute Gasteiger partial charge is 0.383 e. The second kappa shape index (κ2) is 10.5. The zero-order valence-corrected chi connectivity index (χ0v) is 17.5. The number of nitrogens with zero attached hydrogens (tertiary/aromatic N) is 5. The van der Waals surface area contributed by atoms with Gasteiger partial charge in [-0.05, 0) is 25.3 Å². The van der Waals surface area contributed by atoms with Crippen molar-refractivity contribution >= 4 is 11.7 Å². The fourth-order valence-electron chi connectivity index (χ4n) is 3.21. The molecule has 2 heterocycles. The average molecular weight is 425 g/mol. The molecule has 0 saturated carbocycles. The minimum absolute atomic E-state index is 0.258. The highest BCUT2D eigenvalue weighted by molar-refractivity contribution is 5.74. The third-order valence-electron chi connectivity index (χ3n) is 5.02. The lowest BCUT2D eigenvalue weighted by Gasteiger charge is -2.08. The maximum atomic E-state index is 12.0. The molecule has 0 bridgehead atoms. The molecule has 1 amide bonds. The quantitative estimate of drug-likeness (QED) is 0.256. The van der Waals surface area contributed by atoms with Gasteiger partial charge in [-0.3, -0.25) is 19.3 Å². The van der Waals surface area contributed by atoms with E-state index in [1.165, 1.54) is 4.57 Å². The topological polar surface area (TPSA) is 141 Å². The van der Waals surface area contributed by atoms with Crippen LogP contribution in [0.15, 0.2) is 41.5 Å². The lowest BCUT2D eigenvalue weighted by Crippen LogP contribution is -2.24. The number of nitrogens with two attached hydrogens (primary N) is 1. The molecule has 10 heteroatoms. The van der Waals surface area contributed by atoms with Crippen molar-refractivity contribution in [3.8, 4) is 11.3 Å². The Balaban J connectivity index is 1.51. The van der Waals surface area contributed by atoms with Gasteiger partial charge >= 0.3 is 5.69 Å². The first-order chi connectivity index (χ1) is 15.0. The highest BCUT2D eigenvalue weighted by Crippen LogP contribution is 2.18. The third kappa shape index (κ3) is 6.22. The Hall–Kier alpha value is -3.53. The van der Waals surface area contributed by atoms with Crippen molar-refractivity contribution in [2.75, 3.05) is 5.73 Å². The molecule has 0 atom stereocenters. The number of amides is 1. The van der Waals surface area contributed by atoms with Gasteiger partial charge in [0.05, 0.1) is 12.7 Å². The van der Waals surface area contributed by atoms with E-state index in [2.05, 4.69) is 15.3 Å². The van der Waals surface area contributed by atoms with Crippen molar-refractivity contribution in [3.05, 3.63) is 58.3 Å². The van der Waals surface area contributed by atoms with Gasteiger partial charge in [-0.15, -0.1) is 5.10 Å². The SMILES string of the molecule is Cc1cn(Cc2ccc(-c3cn(CCCCCCC(=O)NO)nn3)cc2)c(=O)nc1N. The minimum Gasteiger partial charge on any atom is -0.383 e. The van der Waals surface area contributed by atoms with Gasteiger partial charge in [-0.2, -0.15) is 4.98 Å². The van der Waals surface area contributed by atoms with E-state index in [1.54, 1.807) is 11.7 Å². The summed E-state index contributed by atoms with van der Waals surface area (Å²) in [6.45, 7) is 2.99. The van der Waals surface area contributed by atoms with Gasteiger partial charge in [0.2, 0.25) is 5.91 Å². The smallest absolute Gasteiger partial charge is 0.349 e. The molecule has 0 saturated heterocycles. The van der Waals surface area contributed by atoms with E-state index < -0.39 is 0 Å². The number of unbranched alkanes of at least 4 members (excludes halogenated alkanes) is 3. The Morgan fingerprint density at radius 3 is 2.61 bits per heavy atom. The molecule has 0 spiro atoms. The summed E-state index contributed by atoms with van der Waals surface area (Å²) in [6.07, 6.45) is 7.54. The molecule has 0 fully saturated rings. The Morgan fingerprint density at radius 2 is 1.87 bits per heavy atom. The normalized spacial score (nSPS) is 10.9. The molecule has 1 aromatic carbocycles. The van der Waals surface area contributed by atoms with Gasteiger partial charge in [0.1, 0.15) is 11.5 Å². The molecule has 4 N–H and O–H groups in total. The summed E-state index contributed by atoms with van der Waals surface area (Å²) in [5.74, 6) is -0.0898. The Kier molecular flexibility index (Phi) is 7.50. The molecular formula is C21H27N7O3. The second-order valence-electron chi connectivity index (χ2n) is 7.48. The first kappa shape index (κ1) is 22.2. The summed E-state index contributed by atoms with van der Waals surface area (Å²) in [5.41, 5.74) is 10.4. The molecule has 0 unspecified atom stereocenters. The number of anilines is 1. The van der Waals surface area contributed by atoms with Crippen molar-refractivity contribution in [2.24, 2.45) is 0 Å². The molecule has 3 rings (SSSR count). The second-order valence-corrected chi connectivity index (χ2v) is 7.48. The van der Waals surface area contributed by atoms with E-state index in [-0.39, 0.29) is 17.4 Å². The predicted octanol–water partition coefficient (Wildman–Crippen LogP) is 1.90. The zero-order valence-electron chi connectivity index (χ0n) is 17.5. The summed E-state index contributed by atoms with van der Waals surface area (Å²) in [5, 5.41) is 16.9. The maximum absolute atomic E-state index is 12.0. The number of aryl methyl sites for hydroxylation is 2. The van der Waals surface area contributed by atoms with Crippen molar-refractivity contribution in [2.45, 2.75) is 52.1 Å². The van der Waals surface area contributed by atoms with Crippen LogP contribution in [-0.4, -0.2) is 35.7 Å². The van der Waals surface area contributed by atoms with E-state index in [0.717, 1.165) is 54.6 Å². The number of hydroxylamine groups is 1. The maximum Gasteiger partial charge on any atom is 0.349 e. The van der Waals surface area contributed by atoms with Crippen molar-refractivity contribution < 1.29 is 10.0 Å². The Morgan fingerprint density at radius 1 is 1.13 bits per heavy atom. The predicted molar refractivity (Wildman–Crippen MR) is 115 cm³/mol. The standard InChI is InChI=1S/C21H27N7O3/c1-15-12-27(21(30)23-20(15)22)13-16-7-9-17(10-8-16)18-14-28(26-24-18)11-5-3-2-4-6-19(29)25-31/h7-10,12,14,31H,2-6,11,13H2,1H3,(H,25,29)(H2,22,23,30). The Labute approximate surface area is 179 Å². The number of carbonyl (C=O) groups excluding carboxylic acids is 1. The van der Waals surface area contributed by atoms with Gasteiger partial charge in [0.15, 0.2) is 0 Å². The van der Waals surface area contributed by atoms with Crippen LogP contribution in [0.2, 0.25) is 0 Å². The molecule has 0 aliphatic carbocycles. The van der Waals surface area contributed by atoms with E-state index in [0.29, 0.717) is 13.0 Å². The first-order valence-electron chi connectivity index (χ1n) is 10.2. The molecule has 31 heavy (non-hydrogen) atoms. The molecule has 164 valence electrons. The number of hydrogen-bond acceptors (Lipinski definition) is 7. The summed E-state index contributed by atoms with van der Waals surface area (Å²) in [7, 11) is 0. The van der Waals surface area contributed by atoms with Crippen LogP contribution in [0.4, 0.5) is 5.82 Å². The van der Waals surface area contributed by atoms with Crippen LogP contribution in [-0.2, 0) is 17.9 Å². The number of aromatic nitrogens is 5. The zero-order chi connectivity index (χ0) is 22.2. The van der Waals surface area contributed by atoms with Crippen LogP contribution >= 0.6 is 0 Å². The van der Waals surface area contributed by atoms with Crippen LogP contribution in [0.5, 0.6) is 0 Å². The number of nitrogen functional groups attached to an aromatic ring is 1. The van der Waals surface area contributed by atoms with Gasteiger partial charge < -0.3 is 5.73 Å². The summed E-state index contributed by atoms with van der Waals surface area (Å²) in [6, 6.07) is 7.82. The molecule has 0 aliphatic rings. The van der Waals surface area contributed by atoms with E-state index in [9.17, 15) is 9.59 Å². The van der Waals surface area contributed by atoms with Crippen molar-refractivity contribution in [1.29, 1.82) is 0 Å². The Bertz CT molecular complexity index is 1070. The van der Waals surface area contributed by atoms with Crippen LogP contribution in [0.1, 0.15) is 43.2 Å². The number of rotatable bonds is 10. The van der Waals surface area contributed by atoms with Gasteiger partial charge in [0, 0.05) is 30.3 Å². The highest BCUT2D eigenvalue weighted by atomic mass is 16.5. The van der Waals surface area contributed by atoms with Crippen molar-refractivity contribution in [3.63, 3.8) is 0 Å². The molecular weight excluding hydrogens is 398 g/mol. The summed E-state index contributed by atoms with van der Waals surface area (Å²) >= 11 is 0. The molecule has 2 aromatic heterocycles. The van der Waals surface area contributed by atoms with Crippen molar-refractivity contribution in [1.82, 2.24) is 30.0 Å². The molecule has 0 radical (unpaired) electrons. The summed E-state index contributed by atoms with van der Waals surface area (Å²) in [4.78, 5) is 26.8. The number of carbonyl (C=O) groups is 1. The molecule has 0 aliphatic heterocycles. The van der Waals surface area contributed by atoms with Crippen LogP contribution < -0.4 is 16.9 Å². The first-order valence-corrected chi connectivity index (χ1v) is 10.2. The molecule has 10 nitrogen and oxygen atoms in total. The lowest BCUT2D eigenvalue weighted by molar-refractivity contribution is -0.129. The third-order valence-corrected chi connectivity index (χ3v) is 5.02. The van der Waals surface area contributed by atoms with E-state index in [1.807, 2.05) is 42.1 Å². The minimum atomic E-state index is -0.369. The fraction of sp³-hybridized carbons (Fsp3) is 0.381. The van der Waals surface area contributed by atoms with Crippen LogP contribution in [0, 0.1) is 6.92 Å². The number of hydrogen-bond donors (Lipinski definition) is 3. The van der Waals surface area contributed by atoms with E-state index >= 15 is 0 Å². The number of benzene rings is 1. The lowest BCUT2D eigenvalue weighted by atomic mass is 10.1. The van der Waals surface area contributed by atoms with Gasteiger partial charge in [0.25, 0.3) is 0 Å². The fourth-order valence-corrected chi connectivity index (χ4v) is 3.21. The van der Waals surface area contributed by atoms with Gasteiger partial charge in [-0.25, -0.2) is 10.3 Å². The van der Waals surface area contributed by atoms with E-state index in [4.69, 9.17) is 10.9 Å². The number of nitrogens with one attached hydrogen (secondary N) is 1. The molecule has 3 aromatic rings. The van der Waals surface area contributed by atoms with Gasteiger partial charge in [-0.1, -0.05) is 42.3 Å². The average Bonchev–Trinajstić information content (AvgIpc) is 3.23.